The molecule has 2 aromatic heterocycles. The lowest BCUT2D eigenvalue weighted by atomic mass is 10.1. The molecule has 0 atom stereocenters. The number of aromatic nitrogens is 2. The quantitative estimate of drug-likeness (QED) is 0.474. The van der Waals surface area contributed by atoms with E-state index >= 15 is 0 Å². The summed E-state index contributed by atoms with van der Waals surface area (Å²) in [7, 11) is 4.65. The molecule has 160 valence electrons. The zero-order chi connectivity index (χ0) is 22.0. The van der Waals surface area contributed by atoms with Gasteiger partial charge in [0, 0.05) is 16.3 Å². The molecule has 0 fully saturated rings. The van der Waals surface area contributed by atoms with Gasteiger partial charge in [0.15, 0.2) is 11.5 Å². The molecule has 0 spiro atoms. The van der Waals surface area contributed by atoms with Crippen LogP contribution in [0.25, 0.3) is 21.8 Å². The molecule has 0 bridgehead atoms. The molecule has 7 nitrogen and oxygen atoms in total. The Kier molecular flexibility index (Phi) is 5.66. The number of hydrogen-bond acceptors (Lipinski definition) is 5. The number of benzene rings is 2. The van der Waals surface area contributed by atoms with Crippen molar-refractivity contribution in [2.75, 3.05) is 21.3 Å². The van der Waals surface area contributed by atoms with Crippen LogP contribution < -0.4 is 19.5 Å². The molecule has 0 radical (unpaired) electrons. The van der Waals surface area contributed by atoms with Gasteiger partial charge in [-0.1, -0.05) is 18.2 Å². The fraction of sp³-hybridized carbons (Fsp3) is 0.250. The highest BCUT2D eigenvalue weighted by molar-refractivity contribution is 6.07. The van der Waals surface area contributed by atoms with Crippen molar-refractivity contribution >= 4 is 27.7 Å². The van der Waals surface area contributed by atoms with E-state index in [1.165, 1.54) is 0 Å². The van der Waals surface area contributed by atoms with Gasteiger partial charge in [-0.2, -0.15) is 0 Å². The summed E-state index contributed by atoms with van der Waals surface area (Å²) in [6, 6.07) is 13.7. The third-order valence-electron chi connectivity index (χ3n) is 5.29. The van der Waals surface area contributed by atoms with Crippen molar-refractivity contribution in [2.24, 2.45) is 0 Å². The van der Waals surface area contributed by atoms with Crippen molar-refractivity contribution in [3.8, 4) is 17.2 Å². The number of nitrogens with zero attached hydrogens (tertiary/aromatic N) is 1. The fourth-order valence-electron chi connectivity index (χ4n) is 3.83. The molecule has 7 heteroatoms. The van der Waals surface area contributed by atoms with E-state index in [-0.39, 0.29) is 12.3 Å². The number of fused-ring (bicyclic) bond motifs is 3. The third-order valence-corrected chi connectivity index (χ3v) is 5.29. The summed E-state index contributed by atoms with van der Waals surface area (Å²) in [6.07, 6.45) is 0.186. The smallest absolute Gasteiger partial charge is 0.224 e. The number of hydrogen-bond donors (Lipinski definition) is 2. The number of pyridine rings is 1. The Morgan fingerprint density at radius 1 is 1.00 bits per heavy atom. The average Bonchev–Trinajstić information content (AvgIpc) is 3.16. The average molecular weight is 419 g/mol. The monoisotopic (exact) mass is 419 g/mol. The molecule has 0 aliphatic heterocycles. The topological polar surface area (TPSA) is 85.5 Å². The summed E-state index contributed by atoms with van der Waals surface area (Å²) >= 11 is 0. The van der Waals surface area contributed by atoms with E-state index in [2.05, 4.69) is 21.4 Å². The number of ether oxygens (including phenoxy) is 3. The fourth-order valence-corrected chi connectivity index (χ4v) is 3.83. The van der Waals surface area contributed by atoms with Gasteiger partial charge in [-0.05, 0) is 36.8 Å². The standard InChI is InChI=1S/C24H25N3O4/c1-14-23-18(17-7-5-6-8-19(17)27-23)12-16(26-14)13-25-22(28)11-15-9-20(29-2)24(31-4)21(10-15)30-3/h5-10,12,27H,11,13H2,1-4H3,(H,25,28). The normalized spacial score (nSPS) is 11.0. The molecule has 4 aromatic rings. The molecule has 0 aliphatic rings. The lowest BCUT2D eigenvalue weighted by Crippen LogP contribution is -2.25. The minimum Gasteiger partial charge on any atom is -0.493 e. The van der Waals surface area contributed by atoms with Crippen LogP contribution in [0.5, 0.6) is 17.2 Å². The molecular weight excluding hydrogens is 394 g/mol. The second kappa shape index (κ2) is 8.55. The Morgan fingerprint density at radius 3 is 2.39 bits per heavy atom. The number of carbonyl (C=O) groups excluding carboxylic acids is 1. The largest absolute Gasteiger partial charge is 0.493 e. The molecule has 2 heterocycles. The lowest BCUT2D eigenvalue weighted by Gasteiger charge is -2.14. The van der Waals surface area contributed by atoms with E-state index < -0.39 is 0 Å². The van der Waals surface area contributed by atoms with Crippen LogP contribution in [0.4, 0.5) is 0 Å². The van der Waals surface area contributed by atoms with Crippen LogP contribution in [0, 0.1) is 6.92 Å². The number of methoxy groups -OCH3 is 3. The summed E-state index contributed by atoms with van der Waals surface area (Å²) in [5, 5.41) is 5.21. The van der Waals surface area contributed by atoms with Gasteiger partial charge in [-0.25, -0.2) is 0 Å². The summed E-state index contributed by atoms with van der Waals surface area (Å²) in [5.74, 6) is 1.42. The molecule has 0 unspecified atom stereocenters. The van der Waals surface area contributed by atoms with Gasteiger partial charge in [0.1, 0.15) is 0 Å². The van der Waals surface area contributed by atoms with Crippen molar-refractivity contribution < 1.29 is 19.0 Å². The maximum absolute atomic E-state index is 12.6. The van der Waals surface area contributed by atoms with E-state index in [0.717, 1.165) is 38.8 Å². The molecule has 31 heavy (non-hydrogen) atoms. The van der Waals surface area contributed by atoms with Gasteiger partial charge < -0.3 is 24.5 Å². The Labute approximate surface area is 180 Å². The Morgan fingerprint density at radius 2 is 1.71 bits per heavy atom. The molecule has 1 amide bonds. The van der Waals surface area contributed by atoms with E-state index in [4.69, 9.17) is 14.2 Å². The number of nitrogens with one attached hydrogen (secondary N) is 2. The van der Waals surface area contributed by atoms with Crippen LogP contribution in [-0.2, 0) is 17.8 Å². The molecule has 0 saturated heterocycles. The van der Waals surface area contributed by atoms with Crippen molar-refractivity contribution in [3.63, 3.8) is 0 Å². The first-order chi connectivity index (χ1) is 15.0. The number of carbonyl (C=O) groups is 1. The Hall–Kier alpha value is -3.74. The molecule has 0 aliphatic carbocycles. The first kappa shape index (κ1) is 20.5. The second-order valence-corrected chi connectivity index (χ2v) is 7.28. The second-order valence-electron chi connectivity index (χ2n) is 7.28. The zero-order valence-electron chi connectivity index (χ0n) is 18.0. The number of rotatable bonds is 7. The van der Waals surface area contributed by atoms with E-state index in [1.54, 1.807) is 33.5 Å². The van der Waals surface area contributed by atoms with E-state index in [9.17, 15) is 4.79 Å². The van der Waals surface area contributed by atoms with Crippen molar-refractivity contribution in [1.29, 1.82) is 0 Å². The minimum atomic E-state index is -0.118. The SMILES string of the molecule is COc1cc(CC(=O)NCc2cc3c([nH]c4ccccc43)c(C)n2)cc(OC)c1OC. The van der Waals surface area contributed by atoms with Gasteiger partial charge in [0.05, 0.1) is 51.2 Å². The molecule has 4 rings (SSSR count). The van der Waals surface area contributed by atoms with Gasteiger partial charge in [-0.15, -0.1) is 0 Å². The van der Waals surface area contributed by atoms with Crippen molar-refractivity contribution in [3.05, 3.63) is 59.4 Å². The van der Waals surface area contributed by atoms with Crippen molar-refractivity contribution in [2.45, 2.75) is 19.9 Å². The van der Waals surface area contributed by atoms with Gasteiger partial charge in [-0.3, -0.25) is 9.78 Å². The van der Waals surface area contributed by atoms with Crippen LogP contribution >= 0.6 is 0 Å². The van der Waals surface area contributed by atoms with E-state index in [0.29, 0.717) is 23.8 Å². The summed E-state index contributed by atoms with van der Waals surface area (Å²) < 4.78 is 16.1. The predicted molar refractivity (Wildman–Crippen MR) is 120 cm³/mol. The van der Waals surface area contributed by atoms with Gasteiger partial charge >= 0.3 is 0 Å². The lowest BCUT2D eigenvalue weighted by molar-refractivity contribution is -0.120. The van der Waals surface area contributed by atoms with E-state index in [1.807, 2.05) is 31.2 Å². The first-order valence-electron chi connectivity index (χ1n) is 9.96. The number of amides is 1. The summed E-state index contributed by atoms with van der Waals surface area (Å²) in [5.41, 5.74) is 4.58. The molecular formula is C24H25N3O4. The van der Waals surface area contributed by atoms with Crippen LogP contribution in [0.1, 0.15) is 17.0 Å². The highest BCUT2D eigenvalue weighted by atomic mass is 16.5. The third kappa shape index (κ3) is 3.99. The minimum absolute atomic E-state index is 0.118. The van der Waals surface area contributed by atoms with Gasteiger partial charge in [0.25, 0.3) is 0 Å². The highest BCUT2D eigenvalue weighted by Gasteiger charge is 2.15. The molecule has 0 saturated carbocycles. The summed E-state index contributed by atoms with van der Waals surface area (Å²) in [4.78, 5) is 20.7. The van der Waals surface area contributed by atoms with Crippen molar-refractivity contribution in [1.82, 2.24) is 15.3 Å². The van der Waals surface area contributed by atoms with Crippen LogP contribution in [0.3, 0.4) is 0 Å². The highest BCUT2D eigenvalue weighted by Crippen LogP contribution is 2.38. The van der Waals surface area contributed by atoms with Crippen LogP contribution in [-0.4, -0.2) is 37.2 Å². The van der Waals surface area contributed by atoms with Crippen LogP contribution in [0.2, 0.25) is 0 Å². The number of H-pyrrole nitrogens is 1. The van der Waals surface area contributed by atoms with Gasteiger partial charge in [0.2, 0.25) is 11.7 Å². The molecule has 2 N–H and O–H groups in total. The Bertz CT molecular complexity index is 1240. The maximum atomic E-state index is 12.6. The first-order valence-corrected chi connectivity index (χ1v) is 9.96. The Balaban J connectivity index is 1.51. The number of aromatic amines is 1. The molecule has 2 aromatic carbocycles. The summed E-state index contributed by atoms with van der Waals surface area (Å²) in [6.45, 7) is 2.32. The predicted octanol–water partition coefficient (Wildman–Crippen LogP) is 3.91. The number of aryl methyl sites for hydroxylation is 1. The zero-order valence-corrected chi connectivity index (χ0v) is 18.0. The number of para-hydroxylation sites is 1. The maximum Gasteiger partial charge on any atom is 0.224 e. The van der Waals surface area contributed by atoms with Crippen LogP contribution in [0.15, 0.2) is 42.5 Å².